The summed E-state index contributed by atoms with van der Waals surface area (Å²) in [5.74, 6) is -0.322. The molecule has 0 atom stereocenters. The van der Waals surface area contributed by atoms with Crippen LogP contribution in [0.3, 0.4) is 0 Å². The molecule has 0 bridgehead atoms. The molecule has 0 radical (unpaired) electrons. The average Bonchev–Trinajstić information content (AvgIpc) is 2.44. The van der Waals surface area contributed by atoms with Crippen molar-refractivity contribution in [2.45, 2.75) is 51.9 Å². The molecule has 1 N–H and O–H groups in total. The third kappa shape index (κ3) is 4.20. The molecule has 20 heavy (non-hydrogen) atoms. The molecule has 0 amide bonds. The summed E-state index contributed by atoms with van der Waals surface area (Å²) < 4.78 is 13.3. The molecule has 112 valence electrons. The second-order valence-corrected chi connectivity index (χ2v) is 6.57. The zero-order valence-corrected chi connectivity index (χ0v) is 13.1. The average molecular weight is 298 g/mol. The van der Waals surface area contributed by atoms with Gasteiger partial charge in [-0.3, -0.25) is 0 Å². The monoisotopic (exact) mass is 297 g/mol. The summed E-state index contributed by atoms with van der Waals surface area (Å²) in [5, 5.41) is 3.83. The van der Waals surface area contributed by atoms with Crippen LogP contribution in [0.25, 0.3) is 0 Å². The minimum Gasteiger partial charge on any atom is -0.316 e. The number of nitrogens with one attached hydrogen (secondary N) is 1. The van der Waals surface area contributed by atoms with E-state index in [-0.39, 0.29) is 10.8 Å². The van der Waals surface area contributed by atoms with Crippen molar-refractivity contribution >= 4 is 11.6 Å². The van der Waals surface area contributed by atoms with Gasteiger partial charge in [-0.2, -0.15) is 0 Å². The molecule has 1 aromatic rings. The van der Waals surface area contributed by atoms with Gasteiger partial charge in [0.05, 0.1) is 5.02 Å². The van der Waals surface area contributed by atoms with Crippen LogP contribution < -0.4 is 5.32 Å². The summed E-state index contributed by atoms with van der Waals surface area (Å²) >= 11 is 5.91. The third-order valence-electron chi connectivity index (χ3n) is 4.40. The lowest BCUT2D eigenvalue weighted by Crippen LogP contribution is -2.38. The van der Waals surface area contributed by atoms with Crippen molar-refractivity contribution in [3.8, 4) is 0 Å². The molecule has 1 saturated carbocycles. The van der Waals surface area contributed by atoms with Gasteiger partial charge in [0, 0.05) is 6.54 Å². The Morgan fingerprint density at radius 2 is 2.00 bits per heavy atom. The topological polar surface area (TPSA) is 12.0 Å². The van der Waals surface area contributed by atoms with Gasteiger partial charge in [0.1, 0.15) is 5.82 Å². The van der Waals surface area contributed by atoms with Crippen molar-refractivity contribution in [1.82, 2.24) is 5.32 Å². The number of halogens is 2. The van der Waals surface area contributed by atoms with Crippen LogP contribution >= 0.6 is 11.6 Å². The van der Waals surface area contributed by atoms with E-state index in [1.165, 1.54) is 44.6 Å². The Bertz CT molecular complexity index is 427. The molecule has 1 nitrogen and oxygen atoms in total. The van der Waals surface area contributed by atoms with E-state index in [4.69, 9.17) is 11.6 Å². The molecule has 0 spiro atoms. The molecule has 1 fully saturated rings. The minimum absolute atomic E-state index is 0.245. The van der Waals surface area contributed by atoms with Gasteiger partial charge >= 0.3 is 0 Å². The van der Waals surface area contributed by atoms with Gasteiger partial charge in [0.15, 0.2) is 0 Å². The Labute approximate surface area is 126 Å². The lowest BCUT2D eigenvalue weighted by atomic mass is 9.70. The number of rotatable bonds is 6. The largest absolute Gasteiger partial charge is 0.316 e. The predicted molar refractivity (Wildman–Crippen MR) is 83.8 cm³/mol. The van der Waals surface area contributed by atoms with Crippen LogP contribution in [0.1, 0.15) is 51.0 Å². The van der Waals surface area contributed by atoms with E-state index >= 15 is 0 Å². The maximum atomic E-state index is 13.3. The summed E-state index contributed by atoms with van der Waals surface area (Å²) in [5.41, 5.74) is 1.49. The van der Waals surface area contributed by atoms with Crippen LogP contribution in [0.5, 0.6) is 0 Å². The van der Waals surface area contributed by atoms with Crippen LogP contribution in [0, 0.1) is 11.2 Å². The van der Waals surface area contributed by atoms with Crippen molar-refractivity contribution in [1.29, 1.82) is 0 Å². The molecule has 0 saturated heterocycles. The van der Waals surface area contributed by atoms with E-state index < -0.39 is 0 Å². The van der Waals surface area contributed by atoms with Gasteiger partial charge < -0.3 is 5.32 Å². The first-order valence-electron chi connectivity index (χ1n) is 7.80. The van der Waals surface area contributed by atoms with Crippen molar-refractivity contribution in [3.05, 3.63) is 34.6 Å². The van der Waals surface area contributed by atoms with Gasteiger partial charge in [-0.25, -0.2) is 4.39 Å². The highest BCUT2D eigenvalue weighted by atomic mass is 35.5. The molecule has 1 aliphatic rings. The van der Waals surface area contributed by atoms with E-state index in [0.29, 0.717) is 5.41 Å². The number of benzene rings is 1. The fourth-order valence-corrected chi connectivity index (χ4v) is 3.53. The molecule has 0 unspecified atom stereocenters. The summed E-state index contributed by atoms with van der Waals surface area (Å²) in [6.07, 6.45) is 8.66. The quantitative estimate of drug-likeness (QED) is 0.731. The highest BCUT2D eigenvalue weighted by molar-refractivity contribution is 6.30. The van der Waals surface area contributed by atoms with Gasteiger partial charge in [-0.15, -0.1) is 0 Å². The summed E-state index contributed by atoms with van der Waals surface area (Å²) in [4.78, 5) is 0. The first-order valence-corrected chi connectivity index (χ1v) is 8.18. The Kier molecular flexibility index (Phi) is 5.86. The molecule has 1 aromatic carbocycles. The summed E-state index contributed by atoms with van der Waals surface area (Å²) in [7, 11) is 0. The second kappa shape index (κ2) is 7.42. The van der Waals surface area contributed by atoms with Gasteiger partial charge in [0.25, 0.3) is 0 Å². The smallest absolute Gasteiger partial charge is 0.141 e. The number of hydrogen-bond donors (Lipinski definition) is 1. The van der Waals surface area contributed by atoms with Gasteiger partial charge in [0.2, 0.25) is 0 Å². The summed E-state index contributed by atoms with van der Waals surface area (Å²) in [6, 6.07) is 5.18. The fourth-order valence-electron chi connectivity index (χ4n) is 3.33. The Morgan fingerprint density at radius 1 is 1.25 bits per heavy atom. The van der Waals surface area contributed by atoms with Crippen LogP contribution in [-0.4, -0.2) is 13.1 Å². The van der Waals surface area contributed by atoms with Crippen molar-refractivity contribution in [2.75, 3.05) is 13.1 Å². The number of hydrogen-bond acceptors (Lipinski definition) is 1. The zero-order chi connectivity index (χ0) is 14.4. The highest BCUT2D eigenvalue weighted by Gasteiger charge is 2.31. The minimum atomic E-state index is -0.322. The summed E-state index contributed by atoms with van der Waals surface area (Å²) in [6.45, 7) is 4.34. The lowest BCUT2D eigenvalue weighted by molar-refractivity contribution is 0.181. The first-order chi connectivity index (χ1) is 9.65. The van der Waals surface area contributed by atoms with Crippen molar-refractivity contribution in [3.63, 3.8) is 0 Å². The van der Waals surface area contributed by atoms with Gasteiger partial charge in [-0.1, -0.05) is 43.9 Å². The Hall–Kier alpha value is -0.600. The molecule has 1 aliphatic carbocycles. The third-order valence-corrected chi connectivity index (χ3v) is 4.69. The zero-order valence-electron chi connectivity index (χ0n) is 12.4. The Morgan fingerprint density at radius 3 is 2.65 bits per heavy atom. The second-order valence-electron chi connectivity index (χ2n) is 6.16. The van der Waals surface area contributed by atoms with Crippen LogP contribution in [0.15, 0.2) is 18.2 Å². The highest BCUT2D eigenvalue weighted by Crippen LogP contribution is 2.39. The van der Waals surface area contributed by atoms with E-state index in [9.17, 15) is 4.39 Å². The van der Waals surface area contributed by atoms with Crippen LogP contribution in [0.4, 0.5) is 4.39 Å². The van der Waals surface area contributed by atoms with Crippen molar-refractivity contribution in [2.24, 2.45) is 5.41 Å². The maximum Gasteiger partial charge on any atom is 0.141 e. The molecule has 0 aliphatic heterocycles. The normalized spacial score (nSPS) is 18.1. The van der Waals surface area contributed by atoms with E-state index in [1.54, 1.807) is 6.07 Å². The van der Waals surface area contributed by atoms with Gasteiger partial charge in [-0.05, 0) is 55.3 Å². The SMILES string of the molecule is CCCNCC1(Cc2ccc(F)c(Cl)c2)CCCCC1. The Balaban J connectivity index is 2.07. The van der Waals surface area contributed by atoms with E-state index in [0.717, 1.165) is 25.1 Å². The maximum absolute atomic E-state index is 13.3. The van der Waals surface area contributed by atoms with E-state index in [2.05, 4.69) is 12.2 Å². The van der Waals surface area contributed by atoms with Crippen LogP contribution in [-0.2, 0) is 6.42 Å². The lowest BCUT2D eigenvalue weighted by Gasteiger charge is -2.38. The molecule has 2 rings (SSSR count). The molecule has 0 heterocycles. The molecular formula is C17H25ClFN. The molecule has 0 aromatic heterocycles. The van der Waals surface area contributed by atoms with E-state index in [1.807, 2.05) is 6.07 Å². The van der Waals surface area contributed by atoms with Crippen molar-refractivity contribution < 1.29 is 4.39 Å². The first kappa shape index (κ1) is 15.8. The predicted octanol–water partition coefficient (Wildman–Crippen LogP) is 4.97. The standard InChI is InChI=1S/C17H25ClFN/c1-2-10-20-13-17(8-4-3-5-9-17)12-14-6-7-16(19)15(18)11-14/h6-7,11,20H,2-5,8-10,12-13H2,1H3. The molecule has 3 heteroatoms. The molecular weight excluding hydrogens is 273 g/mol. The fraction of sp³-hybridized carbons (Fsp3) is 0.647. The van der Waals surface area contributed by atoms with Crippen LogP contribution in [0.2, 0.25) is 5.02 Å².